The summed E-state index contributed by atoms with van der Waals surface area (Å²) in [5.74, 6) is 1.16. The van der Waals surface area contributed by atoms with Crippen LogP contribution in [0.4, 0.5) is 6.01 Å². The number of methoxy groups -OCH3 is 1. The Morgan fingerprint density at radius 2 is 1.89 bits per heavy atom. The third kappa shape index (κ3) is 4.26. The van der Waals surface area contributed by atoms with E-state index in [1.165, 1.54) is 18.4 Å². The number of nitrogens with zero attached hydrogens (tertiary/aromatic N) is 3. The molecule has 1 aromatic heterocycles. The van der Waals surface area contributed by atoms with Crippen LogP contribution in [0.3, 0.4) is 0 Å². The molecule has 27 heavy (non-hydrogen) atoms. The molecule has 0 fully saturated rings. The Balaban J connectivity index is 1.66. The van der Waals surface area contributed by atoms with Crippen molar-refractivity contribution in [1.29, 1.82) is 0 Å². The fourth-order valence-electron chi connectivity index (χ4n) is 2.34. The minimum atomic E-state index is -3.43. The highest BCUT2D eigenvalue weighted by Gasteiger charge is 2.16. The summed E-state index contributed by atoms with van der Waals surface area (Å²) in [6.45, 7) is 0.419. The van der Waals surface area contributed by atoms with Crippen molar-refractivity contribution in [3.8, 4) is 17.1 Å². The van der Waals surface area contributed by atoms with Gasteiger partial charge in [-0.25, -0.2) is 12.7 Å². The summed E-state index contributed by atoms with van der Waals surface area (Å²) in [6, 6.07) is 14.3. The van der Waals surface area contributed by atoms with E-state index < -0.39 is 10.0 Å². The van der Waals surface area contributed by atoms with Crippen molar-refractivity contribution in [3.63, 3.8) is 0 Å². The van der Waals surface area contributed by atoms with Crippen molar-refractivity contribution in [2.24, 2.45) is 0 Å². The van der Waals surface area contributed by atoms with Crippen molar-refractivity contribution >= 4 is 16.0 Å². The van der Waals surface area contributed by atoms with Crippen LogP contribution in [0, 0.1) is 0 Å². The maximum Gasteiger partial charge on any atom is 0.322 e. The molecule has 0 aliphatic carbocycles. The Kier molecular flexibility index (Phi) is 5.43. The lowest BCUT2D eigenvalue weighted by Gasteiger charge is -2.11. The van der Waals surface area contributed by atoms with Gasteiger partial charge in [-0.1, -0.05) is 29.4 Å². The standard InChI is InChI=1S/C18H20N4O4S/c1-22(2)27(23,24)16-9-7-13(8-10-16)12-19-18-20-17(21-26-18)14-5-4-6-15(11-14)25-3/h4-11H,12H2,1-3H3,(H,19,20,21). The Morgan fingerprint density at radius 3 is 2.56 bits per heavy atom. The Hall–Kier alpha value is -2.91. The summed E-state index contributed by atoms with van der Waals surface area (Å²) < 4.78 is 35.7. The van der Waals surface area contributed by atoms with Crippen LogP contribution in [-0.4, -0.2) is 44.1 Å². The minimum absolute atomic E-state index is 0.245. The number of hydrogen-bond acceptors (Lipinski definition) is 7. The van der Waals surface area contributed by atoms with Crippen LogP contribution in [0.15, 0.2) is 57.9 Å². The van der Waals surface area contributed by atoms with Crippen LogP contribution in [0.5, 0.6) is 5.75 Å². The Bertz CT molecular complexity index is 1010. The van der Waals surface area contributed by atoms with E-state index in [0.717, 1.165) is 11.1 Å². The molecule has 0 unspecified atom stereocenters. The minimum Gasteiger partial charge on any atom is -0.497 e. The van der Waals surface area contributed by atoms with Crippen molar-refractivity contribution in [2.45, 2.75) is 11.4 Å². The summed E-state index contributed by atoms with van der Waals surface area (Å²) in [6.07, 6.45) is 0. The van der Waals surface area contributed by atoms with Gasteiger partial charge in [0.05, 0.1) is 12.0 Å². The van der Waals surface area contributed by atoms with Crippen LogP contribution < -0.4 is 10.1 Å². The maximum absolute atomic E-state index is 12.1. The van der Waals surface area contributed by atoms with E-state index in [9.17, 15) is 8.42 Å². The fourth-order valence-corrected chi connectivity index (χ4v) is 3.24. The van der Waals surface area contributed by atoms with Crippen molar-refractivity contribution in [2.75, 3.05) is 26.5 Å². The molecule has 0 saturated carbocycles. The van der Waals surface area contributed by atoms with Gasteiger partial charge in [-0.15, -0.1) is 0 Å². The number of sulfonamides is 1. The number of aromatic nitrogens is 2. The average molecular weight is 388 g/mol. The second kappa shape index (κ2) is 7.77. The first kappa shape index (κ1) is 18.9. The molecule has 8 nitrogen and oxygen atoms in total. The van der Waals surface area contributed by atoms with Crippen molar-refractivity contribution in [1.82, 2.24) is 14.4 Å². The molecule has 3 aromatic rings. The molecule has 1 N–H and O–H groups in total. The number of benzene rings is 2. The van der Waals surface area contributed by atoms with Gasteiger partial charge in [0.15, 0.2) is 0 Å². The highest BCUT2D eigenvalue weighted by Crippen LogP contribution is 2.22. The Morgan fingerprint density at radius 1 is 1.15 bits per heavy atom. The summed E-state index contributed by atoms with van der Waals surface area (Å²) in [5, 5.41) is 6.98. The molecule has 0 saturated heterocycles. The predicted molar refractivity (Wildman–Crippen MR) is 101 cm³/mol. The van der Waals surface area contributed by atoms with Gasteiger partial charge < -0.3 is 14.6 Å². The van der Waals surface area contributed by atoms with E-state index in [-0.39, 0.29) is 10.9 Å². The van der Waals surface area contributed by atoms with Crippen molar-refractivity contribution < 1.29 is 17.7 Å². The molecule has 0 amide bonds. The monoisotopic (exact) mass is 388 g/mol. The van der Waals surface area contributed by atoms with E-state index in [1.54, 1.807) is 31.4 Å². The number of ether oxygens (including phenoxy) is 1. The summed E-state index contributed by atoms with van der Waals surface area (Å²) in [4.78, 5) is 4.55. The van der Waals surface area contributed by atoms with Gasteiger partial charge in [0.25, 0.3) is 0 Å². The van der Waals surface area contributed by atoms with E-state index >= 15 is 0 Å². The molecule has 2 aromatic carbocycles. The first-order chi connectivity index (χ1) is 12.9. The summed E-state index contributed by atoms with van der Waals surface area (Å²) in [7, 11) is 1.16. The largest absolute Gasteiger partial charge is 0.497 e. The number of rotatable bonds is 7. The van der Waals surface area contributed by atoms with E-state index in [1.807, 2.05) is 24.3 Å². The van der Waals surface area contributed by atoms with E-state index in [0.29, 0.717) is 18.1 Å². The van der Waals surface area contributed by atoms with Gasteiger partial charge in [-0.2, -0.15) is 4.98 Å². The number of nitrogens with one attached hydrogen (secondary N) is 1. The molecule has 9 heteroatoms. The second-order valence-corrected chi connectivity index (χ2v) is 8.09. The molecule has 0 atom stereocenters. The third-order valence-electron chi connectivity index (χ3n) is 3.90. The summed E-state index contributed by atoms with van der Waals surface area (Å²) in [5.41, 5.74) is 1.67. The number of anilines is 1. The Labute approximate surface area is 157 Å². The molecular formula is C18H20N4O4S. The van der Waals surface area contributed by atoms with Crippen molar-refractivity contribution in [3.05, 3.63) is 54.1 Å². The topological polar surface area (TPSA) is 97.6 Å². The van der Waals surface area contributed by atoms with Crippen LogP contribution >= 0.6 is 0 Å². The van der Waals surface area contributed by atoms with Crippen LogP contribution in [-0.2, 0) is 16.6 Å². The van der Waals surface area contributed by atoms with Gasteiger partial charge >= 0.3 is 6.01 Å². The predicted octanol–water partition coefficient (Wildman–Crippen LogP) is 2.61. The molecule has 0 spiro atoms. The van der Waals surface area contributed by atoms with Gasteiger partial charge in [0.2, 0.25) is 15.8 Å². The second-order valence-electron chi connectivity index (χ2n) is 5.94. The lowest BCUT2D eigenvalue weighted by Crippen LogP contribution is -2.22. The van der Waals surface area contributed by atoms with Gasteiger partial charge in [-0.3, -0.25) is 0 Å². The first-order valence-corrected chi connectivity index (χ1v) is 9.57. The lowest BCUT2D eigenvalue weighted by molar-refractivity contribution is 0.414. The summed E-state index contributed by atoms with van der Waals surface area (Å²) >= 11 is 0. The molecule has 3 rings (SSSR count). The molecule has 1 heterocycles. The lowest BCUT2D eigenvalue weighted by atomic mass is 10.2. The SMILES string of the molecule is COc1cccc(-c2noc(NCc3ccc(S(=O)(=O)N(C)C)cc3)n2)c1. The smallest absolute Gasteiger partial charge is 0.322 e. The quantitative estimate of drug-likeness (QED) is 0.664. The highest BCUT2D eigenvalue weighted by molar-refractivity contribution is 7.89. The normalized spacial score (nSPS) is 11.6. The van der Waals surface area contributed by atoms with Crippen LogP contribution in [0.25, 0.3) is 11.4 Å². The van der Waals surface area contributed by atoms with E-state index in [2.05, 4.69) is 15.5 Å². The average Bonchev–Trinajstić information content (AvgIpc) is 3.16. The van der Waals surface area contributed by atoms with Gasteiger partial charge in [0, 0.05) is 26.2 Å². The number of hydrogen-bond donors (Lipinski definition) is 1. The molecule has 0 bridgehead atoms. The maximum atomic E-state index is 12.1. The molecule has 0 radical (unpaired) electrons. The zero-order chi connectivity index (χ0) is 19.4. The first-order valence-electron chi connectivity index (χ1n) is 8.13. The van der Waals surface area contributed by atoms with Gasteiger partial charge in [0.1, 0.15) is 5.75 Å². The molecular weight excluding hydrogens is 368 g/mol. The van der Waals surface area contributed by atoms with Crippen LogP contribution in [0.2, 0.25) is 0 Å². The molecule has 0 aliphatic heterocycles. The zero-order valence-corrected chi connectivity index (χ0v) is 16.0. The van der Waals surface area contributed by atoms with Gasteiger partial charge in [-0.05, 0) is 29.8 Å². The van der Waals surface area contributed by atoms with E-state index in [4.69, 9.17) is 9.26 Å². The van der Waals surface area contributed by atoms with Crippen LogP contribution in [0.1, 0.15) is 5.56 Å². The zero-order valence-electron chi connectivity index (χ0n) is 15.2. The fraction of sp³-hybridized carbons (Fsp3) is 0.222. The third-order valence-corrected chi connectivity index (χ3v) is 5.73. The molecule has 142 valence electrons. The highest BCUT2D eigenvalue weighted by atomic mass is 32.2. The molecule has 0 aliphatic rings.